The fourth-order valence-electron chi connectivity index (χ4n) is 6.88. The van der Waals surface area contributed by atoms with E-state index in [2.05, 4.69) is 9.97 Å². The molecule has 0 saturated heterocycles. The number of hydrogen-bond acceptors (Lipinski definition) is 3. The highest BCUT2D eigenvalue weighted by Gasteiger charge is 2.55. The van der Waals surface area contributed by atoms with Crippen LogP contribution in [0, 0.1) is 5.82 Å². The van der Waals surface area contributed by atoms with Gasteiger partial charge in [-0.2, -0.15) is 18.3 Å². The first-order valence-corrected chi connectivity index (χ1v) is 13.8. The van der Waals surface area contributed by atoms with Crippen molar-refractivity contribution in [3.8, 4) is 5.69 Å². The van der Waals surface area contributed by atoms with Gasteiger partial charge >= 0.3 is 6.18 Å². The lowest BCUT2D eigenvalue weighted by atomic mass is 9.62. The number of aromatic nitrogens is 4. The van der Waals surface area contributed by atoms with Crippen LogP contribution in [0.3, 0.4) is 0 Å². The zero-order valence-corrected chi connectivity index (χ0v) is 23.2. The number of alkyl halides is 4. The monoisotopic (exact) mass is 585 g/mol. The summed E-state index contributed by atoms with van der Waals surface area (Å²) in [5.74, 6) is -1.68. The van der Waals surface area contributed by atoms with Crippen molar-refractivity contribution in [2.75, 3.05) is 11.4 Å². The van der Waals surface area contributed by atoms with Gasteiger partial charge < -0.3 is 9.88 Å². The Balaban J connectivity index is 1.48. The van der Waals surface area contributed by atoms with Crippen LogP contribution in [0.5, 0.6) is 0 Å². The number of aromatic amines is 1. The van der Waals surface area contributed by atoms with Crippen molar-refractivity contribution in [2.24, 2.45) is 0 Å². The molecule has 41 heavy (non-hydrogen) atoms. The molecule has 4 aromatic rings. The van der Waals surface area contributed by atoms with E-state index in [1.165, 1.54) is 0 Å². The Hall–Kier alpha value is -3.66. The molecule has 0 spiro atoms. The number of anilines is 1. The van der Waals surface area contributed by atoms with E-state index in [9.17, 15) is 13.2 Å². The van der Waals surface area contributed by atoms with Crippen LogP contribution in [-0.2, 0) is 35.9 Å². The van der Waals surface area contributed by atoms with Crippen LogP contribution < -0.4 is 4.90 Å². The van der Waals surface area contributed by atoms with Crippen molar-refractivity contribution < 1.29 is 22.0 Å². The standard InChI is InChI=1S/C30H25ClF5N5/c1-4-15-6-5-7-17-22-24(33)29(3,31)25-19(8-10-37-25)28(22,2)26-18-14-40(11-9-21(18)39-41(26)23(15)17)27-20(32)12-16(13-38-27)30(34,35)36/h5-8,10,12-13,37H,4,9,11,14H2,1-3H3. The third-order valence-corrected chi connectivity index (χ3v) is 9.18. The third kappa shape index (κ3) is 3.40. The molecule has 0 saturated carbocycles. The molecule has 2 atom stereocenters. The largest absolute Gasteiger partial charge is 0.417 e. The molecule has 0 radical (unpaired) electrons. The highest BCUT2D eigenvalue weighted by molar-refractivity contribution is 6.26. The Morgan fingerprint density at radius 3 is 2.63 bits per heavy atom. The lowest BCUT2D eigenvalue weighted by Crippen LogP contribution is -2.42. The molecule has 1 N–H and O–H groups in total. The van der Waals surface area contributed by atoms with Gasteiger partial charge in [-0.1, -0.05) is 25.1 Å². The summed E-state index contributed by atoms with van der Waals surface area (Å²) in [6.45, 7) is 6.06. The molecular formula is C30H25ClF5N5. The smallest absolute Gasteiger partial charge is 0.363 e. The number of para-hydroxylation sites is 1. The molecular weight excluding hydrogens is 561 g/mol. The van der Waals surface area contributed by atoms with E-state index >= 15 is 8.78 Å². The minimum Gasteiger partial charge on any atom is -0.363 e. The molecule has 3 aromatic heterocycles. The summed E-state index contributed by atoms with van der Waals surface area (Å²) in [4.78, 5) is 7.22. The maximum atomic E-state index is 16.7. The van der Waals surface area contributed by atoms with Crippen LogP contribution in [0.4, 0.5) is 27.8 Å². The summed E-state index contributed by atoms with van der Waals surface area (Å²) in [5.41, 5.74) is 4.40. The second-order valence-electron chi connectivity index (χ2n) is 11.1. The summed E-state index contributed by atoms with van der Waals surface area (Å²) in [7, 11) is 0. The maximum Gasteiger partial charge on any atom is 0.417 e. The Morgan fingerprint density at radius 1 is 1.15 bits per heavy atom. The summed E-state index contributed by atoms with van der Waals surface area (Å²) in [6, 6.07) is 8.16. The summed E-state index contributed by atoms with van der Waals surface area (Å²) >= 11 is 6.90. The lowest BCUT2D eigenvalue weighted by Gasteiger charge is -2.45. The number of allylic oxidation sites excluding steroid dienone is 2. The van der Waals surface area contributed by atoms with E-state index in [4.69, 9.17) is 16.7 Å². The SMILES string of the molecule is CCc1cccc2c1-n1nc3c(c1C1(C)C2=C(F)C(C)(Cl)c2[nH]ccc21)CN(c1ncc(C(F)(F)F)cc1F)CC3. The van der Waals surface area contributed by atoms with Gasteiger partial charge in [-0.25, -0.2) is 18.4 Å². The number of rotatable bonds is 2. The highest BCUT2D eigenvalue weighted by Crippen LogP contribution is 2.61. The van der Waals surface area contributed by atoms with Gasteiger partial charge in [0.1, 0.15) is 10.7 Å². The minimum atomic E-state index is -4.70. The quantitative estimate of drug-likeness (QED) is 0.198. The molecule has 2 aliphatic heterocycles. The first-order valence-electron chi connectivity index (χ1n) is 13.4. The number of H-pyrrole nitrogens is 1. The van der Waals surface area contributed by atoms with E-state index in [0.29, 0.717) is 48.5 Å². The van der Waals surface area contributed by atoms with Crippen molar-refractivity contribution in [3.05, 3.63) is 99.3 Å². The van der Waals surface area contributed by atoms with Gasteiger partial charge in [-0.05, 0) is 43.5 Å². The second-order valence-corrected chi connectivity index (χ2v) is 11.9. The molecule has 1 aromatic carbocycles. The number of benzene rings is 1. The minimum absolute atomic E-state index is 0.145. The normalized spacial score (nSPS) is 23.1. The van der Waals surface area contributed by atoms with E-state index in [1.807, 2.05) is 42.8 Å². The number of hydrogen-bond donors (Lipinski definition) is 1. The molecule has 5 nitrogen and oxygen atoms in total. The van der Waals surface area contributed by atoms with Crippen LogP contribution in [0.2, 0.25) is 0 Å². The molecule has 0 fully saturated rings. The molecule has 212 valence electrons. The maximum absolute atomic E-state index is 16.7. The van der Waals surface area contributed by atoms with Gasteiger partial charge in [0.25, 0.3) is 0 Å². The van der Waals surface area contributed by atoms with Crippen molar-refractivity contribution in [1.29, 1.82) is 0 Å². The molecule has 1 aliphatic carbocycles. The van der Waals surface area contributed by atoms with Gasteiger partial charge in [0.2, 0.25) is 0 Å². The van der Waals surface area contributed by atoms with Crippen LogP contribution >= 0.6 is 11.6 Å². The fourth-order valence-corrected chi connectivity index (χ4v) is 7.13. The highest BCUT2D eigenvalue weighted by atomic mass is 35.5. The Bertz CT molecular complexity index is 1780. The topological polar surface area (TPSA) is 49.7 Å². The molecule has 3 aliphatic rings. The predicted octanol–water partition coefficient (Wildman–Crippen LogP) is 7.35. The van der Waals surface area contributed by atoms with Gasteiger partial charge in [0.05, 0.1) is 28.1 Å². The number of aryl methyl sites for hydroxylation is 1. The molecule has 11 heteroatoms. The molecule has 7 rings (SSSR count). The number of halogens is 6. The first kappa shape index (κ1) is 26.3. The summed E-state index contributed by atoms with van der Waals surface area (Å²) < 4.78 is 73.2. The van der Waals surface area contributed by atoms with Gasteiger partial charge in [0, 0.05) is 54.3 Å². The van der Waals surface area contributed by atoms with Crippen molar-refractivity contribution in [2.45, 2.75) is 56.6 Å². The molecule has 0 amide bonds. The van der Waals surface area contributed by atoms with Crippen LogP contribution in [0.1, 0.15) is 65.7 Å². The average Bonchev–Trinajstić information content (AvgIpc) is 3.58. The Labute approximate surface area is 237 Å². The number of pyridine rings is 1. The van der Waals surface area contributed by atoms with Crippen molar-refractivity contribution in [1.82, 2.24) is 19.7 Å². The lowest BCUT2D eigenvalue weighted by molar-refractivity contribution is -0.138. The zero-order chi connectivity index (χ0) is 29.1. The van der Waals surface area contributed by atoms with Crippen molar-refractivity contribution in [3.63, 3.8) is 0 Å². The number of nitrogens with one attached hydrogen (secondary N) is 1. The number of fused-ring (bicyclic) bond motifs is 10. The van der Waals surface area contributed by atoms with Crippen molar-refractivity contribution >= 4 is 23.0 Å². The first-order chi connectivity index (χ1) is 19.4. The fraction of sp³-hybridized carbons (Fsp3) is 0.333. The van der Waals surface area contributed by atoms with Gasteiger partial charge in [-0.3, -0.25) is 0 Å². The predicted molar refractivity (Wildman–Crippen MR) is 145 cm³/mol. The molecule has 5 heterocycles. The Kier molecular flexibility index (Phi) is 5.40. The summed E-state index contributed by atoms with van der Waals surface area (Å²) in [6.07, 6.45) is -1.22. The average molecular weight is 586 g/mol. The van der Waals surface area contributed by atoms with Crippen LogP contribution in [-0.4, -0.2) is 26.3 Å². The second kappa shape index (κ2) is 8.44. The zero-order valence-electron chi connectivity index (χ0n) is 22.4. The molecule has 2 unspecified atom stereocenters. The van der Waals surface area contributed by atoms with Crippen LogP contribution in [0.25, 0.3) is 11.3 Å². The Morgan fingerprint density at radius 2 is 1.93 bits per heavy atom. The van der Waals surface area contributed by atoms with E-state index in [1.54, 1.807) is 18.0 Å². The third-order valence-electron chi connectivity index (χ3n) is 8.82. The van der Waals surface area contributed by atoms with Crippen LogP contribution in [0.15, 0.2) is 48.6 Å². The van der Waals surface area contributed by atoms with E-state index in [0.717, 1.165) is 33.8 Å². The van der Waals surface area contributed by atoms with Gasteiger partial charge in [-0.15, -0.1) is 11.6 Å². The van der Waals surface area contributed by atoms with E-state index < -0.39 is 33.7 Å². The summed E-state index contributed by atoms with van der Waals surface area (Å²) in [5, 5.41) is 5.03. The van der Waals surface area contributed by atoms with Gasteiger partial charge in [0.15, 0.2) is 11.6 Å². The molecule has 0 bridgehead atoms. The van der Waals surface area contributed by atoms with E-state index in [-0.39, 0.29) is 12.4 Å². The number of nitrogens with zero attached hydrogens (tertiary/aromatic N) is 4.